The van der Waals surface area contributed by atoms with Crippen LogP contribution in [-0.2, 0) is 19.5 Å². The Morgan fingerprint density at radius 2 is 0.714 bits per heavy atom. The zero-order chi connectivity index (χ0) is 10.2. The molecule has 0 saturated heterocycles. The third-order valence-corrected chi connectivity index (χ3v) is 1.06. The predicted octanol–water partition coefficient (Wildman–Crippen LogP) is 5.01. The average molecular weight is 257 g/mol. The van der Waals surface area contributed by atoms with Crippen molar-refractivity contribution in [3.05, 3.63) is 20.8 Å². The molecule has 0 aliphatic carbocycles. The van der Waals surface area contributed by atoms with Crippen molar-refractivity contribution in [2.75, 3.05) is 0 Å². The molecule has 0 nitrogen and oxygen atoms in total. The van der Waals surface area contributed by atoms with Crippen LogP contribution in [0.25, 0.3) is 0 Å². The van der Waals surface area contributed by atoms with E-state index in [1.165, 1.54) is 19.3 Å². The van der Waals surface area contributed by atoms with E-state index in [-0.39, 0.29) is 24.2 Å². The van der Waals surface area contributed by atoms with Crippen molar-refractivity contribution in [2.45, 2.75) is 59.3 Å². The van der Waals surface area contributed by atoms with Crippen molar-refractivity contribution in [3.8, 4) is 0 Å². The maximum absolute atomic E-state index is 3.60. The van der Waals surface area contributed by atoms with E-state index in [9.17, 15) is 0 Å². The summed E-state index contributed by atoms with van der Waals surface area (Å²) in [7, 11) is 0. The van der Waals surface area contributed by atoms with Crippen molar-refractivity contribution < 1.29 is 24.2 Å². The predicted molar refractivity (Wildman–Crippen MR) is 63.3 cm³/mol. The van der Waals surface area contributed by atoms with Gasteiger partial charge in [0.05, 0.1) is 0 Å². The number of halogens is 1. The quantitative estimate of drug-likeness (QED) is 0.492. The Balaban J connectivity index is -0.0000000270. The zero-order valence-electron chi connectivity index (χ0n) is 10.5. The molecule has 0 radical (unpaired) electrons. The first kappa shape index (κ1) is 29.3. The van der Waals surface area contributed by atoms with Crippen molar-refractivity contribution in [3.63, 3.8) is 0 Å². The number of unbranched alkanes of at least 4 members (excludes halogenated alkanes) is 3. The van der Waals surface area contributed by atoms with Gasteiger partial charge in [0.1, 0.15) is 0 Å². The second kappa shape index (κ2) is 49.7. The van der Waals surface area contributed by atoms with Crippen LogP contribution in [0.15, 0.2) is 0 Å². The summed E-state index contributed by atoms with van der Waals surface area (Å²) in [6.07, 6.45) is 6.83. The molecule has 2 heteroatoms. The zero-order valence-corrected chi connectivity index (χ0v) is 13.4. The van der Waals surface area contributed by atoms with Gasteiger partial charge in [-0.05, 0) is 0 Å². The van der Waals surface area contributed by atoms with E-state index in [1.807, 2.05) is 0 Å². The summed E-state index contributed by atoms with van der Waals surface area (Å²) in [6, 6.07) is 0. The van der Waals surface area contributed by atoms with Gasteiger partial charge in [0, 0.05) is 19.5 Å². The molecular formula is C12H28FZn-3. The first-order valence-electron chi connectivity index (χ1n) is 5.12. The van der Waals surface area contributed by atoms with Crippen LogP contribution in [0.4, 0.5) is 4.70 Å². The second-order valence-electron chi connectivity index (χ2n) is 2.56. The van der Waals surface area contributed by atoms with Gasteiger partial charge in [-0.3, -0.25) is 4.70 Å². The molecule has 0 N–H and O–H groups in total. The van der Waals surface area contributed by atoms with Crippen molar-refractivity contribution in [1.29, 1.82) is 0 Å². The topological polar surface area (TPSA) is 0 Å². The first-order chi connectivity index (χ1) is 5.74. The van der Waals surface area contributed by atoms with E-state index in [4.69, 9.17) is 0 Å². The molecule has 0 aliphatic rings. The molecule has 0 unspecified atom stereocenters. The smallest absolute Gasteiger partial charge is 0 e. The Labute approximate surface area is 104 Å². The summed E-state index contributed by atoms with van der Waals surface area (Å²) < 4.78 is 0. The summed E-state index contributed by atoms with van der Waals surface area (Å²) in [6.45, 7) is 17.2. The molecule has 14 heavy (non-hydrogen) atoms. The molecule has 0 aromatic heterocycles. The summed E-state index contributed by atoms with van der Waals surface area (Å²) in [5.41, 5.74) is 0. The fraction of sp³-hybridized carbons (Fsp3) is 0.750. The summed E-state index contributed by atoms with van der Waals surface area (Å²) in [5, 5.41) is 0. The maximum Gasteiger partial charge on any atom is 0 e. The molecule has 0 fully saturated rings. The van der Waals surface area contributed by atoms with Gasteiger partial charge in [-0.1, -0.05) is 40.0 Å². The van der Waals surface area contributed by atoms with E-state index >= 15 is 0 Å². The number of rotatable bonds is 3. The van der Waals surface area contributed by atoms with Crippen molar-refractivity contribution >= 4 is 0 Å². The molecule has 0 heterocycles. The summed E-state index contributed by atoms with van der Waals surface area (Å²) in [4.78, 5) is 0. The Hall–Kier alpha value is 0.553. The molecule has 0 aliphatic heterocycles. The average Bonchev–Trinajstić information content (AvgIpc) is 2.18. The normalized spacial score (nSPS) is 6.43. The minimum absolute atomic E-state index is 0. The SMILES string of the molecule is F.[CH2-]CCC.[CH2-]CCC.[CH2-]CCC.[Zn]. The van der Waals surface area contributed by atoms with Crippen LogP contribution in [0.3, 0.4) is 0 Å². The molecule has 0 saturated carbocycles. The van der Waals surface area contributed by atoms with Gasteiger partial charge in [-0.15, -0.1) is 0 Å². The van der Waals surface area contributed by atoms with Gasteiger partial charge >= 0.3 is 0 Å². The van der Waals surface area contributed by atoms with Crippen LogP contribution in [0.1, 0.15) is 59.3 Å². The molecule has 88 valence electrons. The van der Waals surface area contributed by atoms with Crippen LogP contribution in [-0.4, -0.2) is 0 Å². The molecule has 0 amide bonds. The van der Waals surface area contributed by atoms with Crippen molar-refractivity contribution in [1.82, 2.24) is 0 Å². The Kier molecular flexibility index (Phi) is 104. The molecule has 0 rings (SSSR count). The van der Waals surface area contributed by atoms with Gasteiger partial charge < -0.3 is 20.8 Å². The summed E-state index contributed by atoms with van der Waals surface area (Å²) in [5.74, 6) is 0. The summed E-state index contributed by atoms with van der Waals surface area (Å²) >= 11 is 0. The van der Waals surface area contributed by atoms with Gasteiger partial charge in [0.25, 0.3) is 0 Å². The Morgan fingerprint density at radius 3 is 0.714 bits per heavy atom. The van der Waals surface area contributed by atoms with E-state index in [2.05, 4.69) is 41.5 Å². The standard InChI is InChI=1S/3C4H9.FH.Zn/c3*1-3-4-2;;/h3*1,3-4H2,2H3;1H;/q3*-1;;. The van der Waals surface area contributed by atoms with Crippen LogP contribution in [0, 0.1) is 20.8 Å². The second-order valence-corrected chi connectivity index (χ2v) is 2.56. The number of hydrogen-bond donors (Lipinski definition) is 0. The maximum atomic E-state index is 3.60. The molecule has 0 spiro atoms. The molecule has 0 aromatic carbocycles. The van der Waals surface area contributed by atoms with Gasteiger partial charge in [-0.25, -0.2) is 0 Å². The Morgan fingerprint density at radius 1 is 0.643 bits per heavy atom. The van der Waals surface area contributed by atoms with Gasteiger partial charge in [0.2, 0.25) is 0 Å². The monoisotopic (exact) mass is 255 g/mol. The Bertz CT molecular complexity index is 25.8. The van der Waals surface area contributed by atoms with Gasteiger partial charge in [0.15, 0.2) is 0 Å². The van der Waals surface area contributed by atoms with Crippen LogP contribution in [0.2, 0.25) is 0 Å². The third-order valence-electron chi connectivity index (χ3n) is 1.06. The molecule has 0 atom stereocenters. The molecule has 0 aromatic rings. The third kappa shape index (κ3) is 133. The minimum Gasteiger partial charge on any atom is -0.343 e. The minimum atomic E-state index is 0. The molecular weight excluding hydrogens is 229 g/mol. The van der Waals surface area contributed by atoms with Crippen LogP contribution < -0.4 is 0 Å². The van der Waals surface area contributed by atoms with E-state index < -0.39 is 0 Å². The van der Waals surface area contributed by atoms with Crippen LogP contribution >= 0.6 is 0 Å². The molecule has 0 bridgehead atoms. The van der Waals surface area contributed by atoms with Crippen molar-refractivity contribution in [2.24, 2.45) is 0 Å². The largest absolute Gasteiger partial charge is 0.343 e. The number of hydrogen-bond acceptors (Lipinski definition) is 0. The fourth-order valence-electron chi connectivity index (χ4n) is 0. The van der Waals surface area contributed by atoms with E-state index in [1.54, 1.807) is 0 Å². The van der Waals surface area contributed by atoms with Gasteiger partial charge in [-0.2, -0.15) is 19.3 Å². The van der Waals surface area contributed by atoms with Crippen LogP contribution in [0.5, 0.6) is 0 Å². The first-order valence-corrected chi connectivity index (χ1v) is 5.12. The van der Waals surface area contributed by atoms with E-state index in [0.29, 0.717) is 0 Å². The van der Waals surface area contributed by atoms with E-state index in [0.717, 1.165) is 19.3 Å². The fourth-order valence-corrected chi connectivity index (χ4v) is 0.